The van der Waals surface area contributed by atoms with Crippen LogP contribution in [0.25, 0.3) is 0 Å². The Hall–Kier alpha value is -2.82. The summed E-state index contributed by atoms with van der Waals surface area (Å²) in [5.41, 5.74) is 1.91. The number of phenolic OH excluding ortho intramolecular Hbond substituents is 1. The molecular weight excluding hydrogens is 282 g/mol. The fourth-order valence-electron chi connectivity index (χ4n) is 1.80. The normalized spacial score (nSPS) is 11.5. The first-order valence-electron chi connectivity index (χ1n) is 6.83. The highest BCUT2D eigenvalue weighted by Gasteiger charge is 2.19. The van der Waals surface area contributed by atoms with Crippen LogP contribution in [0.4, 0.5) is 5.69 Å². The molecular formula is C17H17NO4. The molecule has 0 spiro atoms. The van der Waals surface area contributed by atoms with E-state index in [9.17, 15) is 14.7 Å². The van der Waals surface area contributed by atoms with Gasteiger partial charge >= 0.3 is 5.97 Å². The van der Waals surface area contributed by atoms with Crippen molar-refractivity contribution in [1.82, 2.24) is 0 Å². The lowest BCUT2D eigenvalue weighted by atomic mass is 10.2. The Bertz CT molecular complexity index is 679. The third-order valence-electron chi connectivity index (χ3n) is 3.05. The summed E-state index contributed by atoms with van der Waals surface area (Å²) in [6.45, 7) is 3.44. The molecule has 22 heavy (non-hydrogen) atoms. The smallest absolute Gasteiger partial charge is 0.339 e. The van der Waals surface area contributed by atoms with Gasteiger partial charge in [0.1, 0.15) is 5.75 Å². The maximum atomic E-state index is 12.0. The summed E-state index contributed by atoms with van der Waals surface area (Å²) in [5.74, 6) is -1.12. The first-order valence-corrected chi connectivity index (χ1v) is 6.83. The van der Waals surface area contributed by atoms with Gasteiger partial charge in [0.25, 0.3) is 5.91 Å². The van der Waals surface area contributed by atoms with Gasteiger partial charge in [-0.15, -0.1) is 0 Å². The number of hydrogen-bond donors (Lipinski definition) is 2. The molecule has 0 fully saturated rings. The maximum absolute atomic E-state index is 12.0. The number of hydrogen-bond acceptors (Lipinski definition) is 4. The first-order chi connectivity index (χ1) is 10.5. The number of benzene rings is 2. The lowest BCUT2D eigenvalue weighted by Gasteiger charge is -2.13. The number of nitrogens with one attached hydrogen (secondary N) is 1. The minimum Gasteiger partial charge on any atom is -0.508 e. The molecule has 5 nitrogen and oxygen atoms in total. The molecule has 2 N–H and O–H groups in total. The van der Waals surface area contributed by atoms with Gasteiger partial charge in [-0.25, -0.2) is 4.79 Å². The van der Waals surface area contributed by atoms with Crippen LogP contribution in [0.15, 0.2) is 48.5 Å². The molecule has 2 aromatic rings. The number of esters is 1. The van der Waals surface area contributed by atoms with Crippen molar-refractivity contribution in [2.45, 2.75) is 20.0 Å². The third kappa shape index (κ3) is 4.09. The number of anilines is 1. The number of phenols is 1. The molecule has 0 aliphatic carbocycles. The van der Waals surface area contributed by atoms with Crippen molar-refractivity contribution in [2.24, 2.45) is 0 Å². The van der Waals surface area contributed by atoms with E-state index in [1.165, 1.54) is 31.2 Å². The second kappa shape index (κ2) is 6.76. The number of amides is 1. The molecule has 0 unspecified atom stereocenters. The summed E-state index contributed by atoms with van der Waals surface area (Å²) in [6.07, 6.45) is -0.948. The maximum Gasteiger partial charge on any atom is 0.339 e. The Morgan fingerprint density at radius 2 is 1.82 bits per heavy atom. The van der Waals surface area contributed by atoms with Crippen molar-refractivity contribution >= 4 is 17.6 Å². The van der Waals surface area contributed by atoms with E-state index >= 15 is 0 Å². The number of aromatic hydroxyl groups is 1. The van der Waals surface area contributed by atoms with Crippen molar-refractivity contribution < 1.29 is 19.4 Å². The van der Waals surface area contributed by atoms with Gasteiger partial charge in [0.15, 0.2) is 6.10 Å². The predicted molar refractivity (Wildman–Crippen MR) is 82.8 cm³/mol. The second-order valence-corrected chi connectivity index (χ2v) is 4.95. The number of ether oxygens (including phenoxy) is 1. The predicted octanol–water partition coefficient (Wildman–Crippen LogP) is 2.88. The summed E-state index contributed by atoms with van der Waals surface area (Å²) < 4.78 is 5.09. The lowest BCUT2D eigenvalue weighted by molar-refractivity contribution is -0.123. The highest BCUT2D eigenvalue weighted by Crippen LogP contribution is 2.14. The molecule has 0 heterocycles. The summed E-state index contributed by atoms with van der Waals surface area (Å²) in [7, 11) is 0. The van der Waals surface area contributed by atoms with Crippen LogP contribution in [0.2, 0.25) is 0 Å². The molecule has 0 aromatic heterocycles. The number of carbonyl (C=O) groups is 2. The molecule has 0 bridgehead atoms. The van der Waals surface area contributed by atoms with Gasteiger partial charge in [0, 0.05) is 5.69 Å². The van der Waals surface area contributed by atoms with Gasteiger partial charge in [-0.05, 0) is 44.2 Å². The third-order valence-corrected chi connectivity index (χ3v) is 3.05. The van der Waals surface area contributed by atoms with E-state index in [0.717, 1.165) is 5.56 Å². The monoisotopic (exact) mass is 299 g/mol. The lowest BCUT2D eigenvalue weighted by Crippen LogP contribution is -2.29. The SMILES string of the molecule is Cc1ccc(NC(=O)[C@@H](C)OC(=O)c2cccc(O)c2)cc1. The van der Waals surface area contributed by atoms with Crippen LogP contribution in [0.5, 0.6) is 5.75 Å². The average Bonchev–Trinajstić information content (AvgIpc) is 2.49. The first kappa shape index (κ1) is 15.6. The van der Waals surface area contributed by atoms with Gasteiger partial charge in [0.05, 0.1) is 5.56 Å². The summed E-state index contributed by atoms with van der Waals surface area (Å²) >= 11 is 0. The molecule has 5 heteroatoms. The molecule has 1 amide bonds. The van der Waals surface area contributed by atoms with Gasteiger partial charge in [0.2, 0.25) is 0 Å². The number of carbonyl (C=O) groups excluding carboxylic acids is 2. The van der Waals surface area contributed by atoms with Crippen LogP contribution >= 0.6 is 0 Å². The van der Waals surface area contributed by atoms with E-state index < -0.39 is 18.0 Å². The highest BCUT2D eigenvalue weighted by atomic mass is 16.5. The molecule has 2 rings (SSSR count). The second-order valence-electron chi connectivity index (χ2n) is 4.95. The quantitative estimate of drug-likeness (QED) is 0.851. The minimum absolute atomic E-state index is 0.0359. The van der Waals surface area contributed by atoms with Crippen molar-refractivity contribution in [2.75, 3.05) is 5.32 Å². The standard InChI is InChI=1S/C17H17NO4/c1-11-6-8-14(9-7-11)18-16(20)12(2)22-17(21)13-4-3-5-15(19)10-13/h3-10,12,19H,1-2H3,(H,18,20)/t12-/m1/s1. The van der Waals surface area contributed by atoms with E-state index in [2.05, 4.69) is 5.32 Å². The average molecular weight is 299 g/mol. The van der Waals surface area contributed by atoms with E-state index in [4.69, 9.17) is 4.74 Å². The Labute approximate surface area is 128 Å². The Balaban J connectivity index is 1.96. The van der Waals surface area contributed by atoms with Crippen molar-refractivity contribution in [3.8, 4) is 5.75 Å². The van der Waals surface area contributed by atoms with Crippen LogP contribution in [0, 0.1) is 6.92 Å². The Morgan fingerprint density at radius 3 is 2.45 bits per heavy atom. The van der Waals surface area contributed by atoms with Crippen LogP contribution < -0.4 is 5.32 Å². The fourth-order valence-corrected chi connectivity index (χ4v) is 1.80. The minimum atomic E-state index is -0.948. The Kier molecular flexibility index (Phi) is 4.78. The van der Waals surface area contributed by atoms with Crippen LogP contribution in [0.1, 0.15) is 22.8 Å². The number of aryl methyl sites for hydroxylation is 1. The van der Waals surface area contributed by atoms with E-state index in [-0.39, 0.29) is 11.3 Å². The zero-order valence-electron chi connectivity index (χ0n) is 12.4. The molecule has 1 atom stereocenters. The molecule has 114 valence electrons. The molecule has 0 saturated heterocycles. The molecule has 0 aliphatic heterocycles. The van der Waals surface area contributed by atoms with Crippen LogP contribution in [-0.4, -0.2) is 23.1 Å². The van der Waals surface area contributed by atoms with E-state index in [1.54, 1.807) is 12.1 Å². The molecule has 0 radical (unpaired) electrons. The van der Waals surface area contributed by atoms with Crippen LogP contribution in [0.3, 0.4) is 0 Å². The van der Waals surface area contributed by atoms with Crippen molar-refractivity contribution in [3.05, 3.63) is 59.7 Å². The van der Waals surface area contributed by atoms with Crippen LogP contribution in [-0.2, 0) is 9.53 Å². The molecule has 0 aliphatic rings. The topological polar surface area (TPSA) is 75.6 Å². The van der Waals surface area contributed by atoms with Crippen molar-refractivity contribution in [1.29, 1.82) is 0 Å². The number of rotatable bonds is 4. The van der Waals surface area contributed by atoms with Gasteiger partial charge in [-0.1, -0.05) is 23.8 Å². The summed E-state index contributed by atoms with van der Waals surface area (Å²) in [6, 6.07) is 13.1. The van der Waals surface area contributed by atoms with E-state index in [1.807, 2.05) is 19.1 Å². The zero-order chi connectivity index (χ0) is 16.1. The van der Waals surface area contributed by atoms with Crippen molar-refractivity contribution in [3.63, 3.8) is 0 Å². The largest absolute Gasteiger partial charge is 0.508 e. The molecule has 2 aromatic carbocycles. The highest BCUT2D eigenvalue weighted by molar-refractivity contribution is 5.97. The summed E-state index contributed by atoms with van der Waals surface area (Å²) in [5, 5.41) is 12.0. The molecule has 0 saturated carbocycles. The zero-order valence-corrected chi connectivity index (χ0v) is 12.4. The van der Waals surface area contributed by atoms with E-state index in [0.29, 0.717) is 5.69 Å². The summed E-state index contributed by atoms with van der Waals surface area (Å²) in [4.78, 5) is 23.9. The fraction of sp³-hybridized carbons (Fsp3) is 0.176. The Morgan fingerprint density at radius 1 is 1.14 bits per heavy atom. The van der Waals surface area contributed by atoms with Gasteiger partial charge < -0.3 is 15.2 Å². The van der Waals surface area contributed by atoms with Gasteiger partial charge in [-0.3, -0.25) is 4.79 Å². The van der Waals surface area contributed by atoms with Gasteiger partial charge in [-0.2, -0.15) is 0 Å².